The molecule has 1 aliphatic heterocycles. The van der Waals surface area contributed by atoms with Gasteiger partial charge in [-0.3, -0.25) is 9.59 Å². The Hall–Kier alpha value is -2.04. The van der Waals surface area contributed by atoms with Crippen molar-refractivity contribution in [1.29, 1.82) is 0 Å². The van der Waals surface area contributed by atoms with E-state index in [4.69, 9.17) is 23.2 Å². The molecule has 112 valence electrons. The fourth-order valence-corrected chi connectivity index (χ4v) is 2.74. The molecule has 0 radical (unpaired) electrons. The van der Waals surface area contributed by atoms with Gasteiger partial charge in [0.05, 0.1) is 10.7 Å². The van der Waals surface area contributed by atoms with Gasteiger partial charge in [-0.05, 0) is 29.8 Å². The summed E-state index contributed by atoms with van der Waals surface area (Å²) in [6, 6.07) is 12.2. The van der Waals surface area contributed by atoms with Gasteiger partial charge in [-0.1, -0.05) is 41.4 Å². The minimum Gasteiger partial charge on any atom is -0.325 e. The fraction of sp³-hybridized carbons (Fsp3) is 0.125. The number of carbonyl (C=O) groups is 2. The van der Waals surface area contributed by atoms with Crippen molar-refractivity contribution in [2.24, 2.45) is 0 Å². The fourth-order valence-electron chi connectivity index (χ4n) is 2.40. The van der Waals surface area contributed by atoms with Crippen molar-refractivity contribution in [2.75, 3.05) is 11.9 Å². The van der Waals surface area contributed by atoms with E-state index in [-0.39, 0.29) is 18.4 Å². The van der Waals surface area contributed by atoms with Gasteiger partial charge in [0.1, 0.15) is 6.54 Å². The quantitative estimate of drug-likeness (QED) is 0.932. The molecule has 22 heavy (non-hydrogen) atoms. The topological polar surface area (TPSA) is 49.4 Å². The molecule has 0 aromatic heterocycles. The number of hydrogen-bond acceptors (Lipinski definition) is 2. The molecule has 4 nitrogen and oxygen atoms in total. The lowest BCUT2D eigenvalue weighted by molar-refractivity contribution is -0.116. The number of nitrogens with zero attached hydrogens (tertiary/aromatic N) is 1. The van der Waals surface area contributed by atoms with Gasteiger partial charge in [0.15, 0.2) is 0 Å². The Bertz CT molecular complexity index is 762. The summed E-state index contributed by atoms with van der Waals surface area (Å²) < 4.78 is 0. The van der Waals surface area contributed by atoms with Gasteiger partial charge in [-0.15, -0.1) is 0 Å². The summed E-state index contributed by atoms with van der Waals surface area (Å²) in [5.74, 6) is -0.451. The number of nitrogens with one attached hydrogen (secondary N) is 1. The van der Waals surface area contributed by atoms with Gasteiger partial charge >= 0.3 is 0 Å². The average Bonchev–Trinajstić information content (AvgIpc) is 2.80. The Morgan fingerprint density at radius 3 is 2.73 bits per heavy atom. The lowest BCUT2D eigenvalue weighted by atomic mass is 10.1. The number of hydrogen-bond donors (Lipinski definition) is 1. The zero-order chi connectivity index (χ0) is 15.7. The van der Waals surface area contributed by atoms with Gasteiger partial charge in [-0.2, -0.15) is 0 Å². The van der Waals surface area contributed by atoms with Crippen LogP contribution in [0.25, 0.3) is 0 Å². The number of carbonyl (C=O) groups excluding carboxylic acids is 2. The van der Waals surface area contributed by atoms with E-state index in [1.54, 1.807) is 24.3 Å². The van der Waals surface area contributed by atoms with Crippen molar-refractivity contribution >= 4 is 40.7 Å². The number of amides is 2. The molecule has 0 aliphatic carbocycles. The molecule has 1 N–H and O–H groups in total. The maximum atomic E-state index is 12.2. The minimum atomic E-state index is -0.315. The SMILES string of the molecule is O=C(CN1Cc2ccccc2C1=O)Nc1cc(Cl)ccc1Cl. The van der Waals surface area contributed by atoms with Crippen LogP contribution in [0.2, 0.25) is 10.0 Å². The lowest BCUT2D eigenvalue weighted by Crippen LogP contribution is -2.33. The molecule has 0 bridgehead atoms. The van der Waals surface area contributed by atoms with Crippen molar-refractivity contribution in [1.82, 2.24) is 4.90 Å². The molecule has 0 atom stereocenters. The van der Waals surface area contributed by atoms with Gasteiger partial charge in [0.2, 0.25) is 5.91 Å². The number of benzene rings is 2. The minimum absolute atomic E-state index is 0.0314. The van der Waals surface area contributed by atoms with Crippen LogP contribution in [0.15, 0.2) is 42.5 Å². The molecule has 0 saturated carbocycles. The third kappa shape index (κ3) is 2.93. The third-order valence-corrected chi connectivity index (χ3v) is 4.00. The number of anilines is 1. The average molecular weight is 335 g/mol. The Labute approximate surface area is 137 Å². The summed E-state index contributed by atoms with van der Waals surface area (Å²) >= 11 is 11.9. The first-order chi connectivity index (χ1) is 10.5. The highest BCUT2D eigenvalue weighted by atomic mass is 35.5. The van der Waals surface area contributed by atoms with Crippen LogP contribution in [0, 0.1) is 0 Å². The van der Waals surface area contributed by atoms with E-state index < -0.39 is 0 Å². The predicted octanol–water partition coefficient (Wildman–Crippen LogP) is 3.59. The summed E-state index contributed by atoms with van der Waals surface area (Å²) in [6.07, 6.45) is 0. The maximum Gasteiger partial charge on any atom is 0.254 e. The molecular formula is C16H12Cl2N2O2. The Balaban J connectivity index is 1.69. The van der Waals surface area contributed by atoms with E-state index in [0.717, 1.165) is 5.56 Å². The van der Waals surface area contributed by atoms with E-state index in [0.29, 0.717) is 27.8 Å². The Morgan fingerprint density at radius 1 is 1.18 bits per heavy atom. The molecule has 0 saturated heterocycles. The molecule has 3 rings (SSSR count). The largest absolute Gasteiger partial charge is 0.325 e. The van der Waals surface area contributed by atoms with Crippen LogP contribution in [-0.2, 0) is 11.3 Å². The van der Waals surface area contributed by atoms with Crippen LogP contribution in [0.5, 0.6) is 0 Å². The van der Waals surface area contributed by atoms with E-state index in [2.05, 4.69) is 5.32 Å². The number of rotatable bonds is 3. The monoisotopic (exact) mass is 334 g/mol. The van der Waals surface area contributed by atoms with E-state index >= 15 is 0 Å². The summed E-state index contributed by atoms with van der Waals surface area (Å²) in [6.45, 7) is 0.405. The van der Waals surface area contributed by atoms with Crippen LogP contribution in [0.4, 0.5) is 5.69 Å². The van der Waals surface area contributed by atoms with Gasteiger partial charge in [0, 0.05) is 17.1 Å². The van der Waals surface area contributed by atoms with Gasteiger partial charge in [0.25, 0.3) is 5.91 Å². The molecule has 1 aliphatic rings. The van der Waals surface area contributed by atoms with Crippen LogP contribution in [0.1, 0.15) is 15.9 Å². The van der Waals surface area contributed by atoms with Crippen LogP contribution in [-0.4, -0.2) is 23.3 Å². The third-order valence-electron chi connectivity index (χ3n) is 3.43. The highest BCUT2D eigenvalue weighted by Gasteiger charge is 2.28. The molecule has 2 aromatic carbocycles. The van der Waals surface area contributed by atoms with Crippen LogP contribution >= 0.6 is 23.2 Å². The summed E-state index contributed by atoms with van der Waals surface area (Å²) in [5, 5.41) is 3.55. The molecule has 0 fully saturated rings. The zero-order valence-electron chi connectivity index (χ0n) is 11.5. The van der Waals surface area contributed by atoms with E-state index in [1.165, 1.54) is 4.90 Å². The smallest absolute Gasteiger partial charge is 0.254 e. The molecule has 1 heterocycles. The maximum absolute atomic E-state index is 12.2. The normalized spacial score (nSPS) is 13.2. The molecule has 2 aromatic rings. The molecular weight excluding hydrogens is 323 g/mol. The van der Waals surface area contributed by atoms with E-state index in [1.807, 2.05) is 18.2 Å². The summed E-state index contributed by atoms with van der Waals surface area (Å²) in [7, 11) is 0. The van der Waals surface area contributed by atoms with Crippen molar-refractivity contribution in [3.63, 3.8) is 0 Å². The van der Waals surface area contributed by atoms with Crippen molar-refractivity contribution in [3.8, 4) is 0 Å². The zero-order valence-corrected chi connectivity index (χ0v) is 13.0. The van der Waals surface area contributed by atoms with Gasteiger partial charge < -0.3 is 10.2 Å². The van der Waals surface area contributed by atoms with Crippen LogP contribution in [0.3, 0.4) is 0 Å². The molecule has 6 heteroatoms. The van der Waals surface area contributed by atoms with Crippen molar-refractivity contribution in [3.05, 3.63) is 63.6 Å². The lowest BCUT2D eigenvalue weighted by Gasteiger charge is -2.15. The second-order valence-electron chi connectivity index (χ2n) is 4.99. The highest BCUT2D eigenvalue weighted by molar-refractivity contribution is 6.35. The first-order valence-corrected chi connectivity index (χ1v) is 7.42. The highest BCUT2D eigenvalue weighted by Crippen LogP contribution is 2.26. The number of halogens is 2. The van der Waals surface area contributed by atoms with Crippen molar-refractivity contribution < 1.29 is 9.59 Å². The predicted molar refractivity (Wildman–Crippen MR) is 86.3 cm³/mol. The molecule has 2 amide bonds. The first-order valence-electron chi connectivity index (χ1n) is 6.66. The first kappa shape index (κ1) is 14.9. The second-order valence-corrected chi connectivity index (χ2v) is 5.83. The summed E-state index contributed by atoms with van der Waals surface area (Å²) in [5.41, 5.74) is 2.01. The van der Waals surface area contributed by atoms with Gasteiger partial charge in [-0.25, -0.2) is 0 Å². The Kier molecular flexibility index (Phi) is 4.05. The standard InChI is InChI=1S/C16H12Cl2N2O2/c17-11-5-6-13(18)14(7-11)19-15(21)9-20-8-10-3-1-2-4-12(10)16(20)22/h1-7H,8-9H2,(H,19,21). The molecule has 0 unspecified atom stereocenters. The summed E-state index contributed by atoms with van der Waals surface area (Å²) in [4.78, 5) is 25.8. The Morgan fingerprint density at radius 2 is 1.95 bits per heavy atom. The van der Waals surface area contributed by atoms with Crippen molar-refractivity contribution in [2.45, 2.75) is 6.54 Å². The second kappa shape index (κ2) is 5.99. The van der Waals surface area contributed by atoms with Crippen LogP contribution < -0.4 is 5.32 Å². The molecule has 0 spiro atoms. The number of fused-ring (bicyclic) bond motifs is 1. The van der Waals surface area contributed by atoms with E-state index in [9.17, 15) is 9.59 Å².